The SMILES string of the molecule is O=C(NCCc1ccccc1)C1CC12CCN(C(=O)C1CCCCC1)CC2. The molecule has 1 aromatic carbocycles. The van der Waals surface area contributed by atoms with Crippen molar-refractivity contribution in [3.63, 3.8) is 0 Å². The van der Waals surface area contributed by atoms with Crippen molar-refractivity contribution in [2.45, 2.75) is 57.8 Å². The van der Waals surface area contributed by atoms with Gasteiger partial charge in [-0.15, -0.1) is 0 Å². The topological polar surface area (TPSA) is 49.4 Å². The molecule has 146 valence electrons. The highest BCUT2D eigenvalue weighted by atomic mass is 16.2. The van der Waals surface area contributed by atoms with Gasteiger partial charge >= 0.3 is 0 Å². The van der Waals surface area contributed by atoms with Gasteiger partial charge in [0.1, 0.15) is 0 Å². The minimum atomic E-state index is 0.167. The van der Waals surface area contributed by atoms with Gasteiger partial charge in [0.25, 0.3) is 0 Å². The van der Waals surface area contributed by atoms with E-state index < -0.39 is 0 Å². The Bertz CT molecular complexity index is 658. The number of carbonyl (C=O) groups is 2. The Morgan fingerprint density at radius 3 is 2.44 bits per heavy atom. The summed E-state index contributed by atoms with van der Waals surface area (Å²) in [6.45, 7) is 2.41. The Morgan fingerprint density at radius 2 is 1.74 bits per heavy atom. The van der Waals surface area contributed by atoms with E-state index in [1.165, 1.54) is 24.8 Å². The van der Waals surface area contributed by atoms with Crippen molar-refractivity contribution in [1.29, 1.82) is 0 Å². The third-order valence-electron chi connectivity index (χ3n) is 7.09. The first-order valence-corrected chi connectivity index (χ1v) is 10.8. The fourth-order valence-corrected chi connectivity index (χ4v) is 5.15. The largest absolute Gasteiger partial charge is 0.356 e. The molecule has 27 heavy (non-hydrogen) atoms. The molecule has 2 saturated carbocycles. The van der Waals surface area contributed by atoms with Crippen LogP contribution in [-0.2, 0) is 16.0 Å². The first-order valence-electron chi connectivity index (χ1n) is 10.8. The molecule has 1 unspecified atom stereocenters. The highest BCUT2D eigenvalue weighted by Crippen LogP contribution is 2.59. The van der Waals surface area contributed by atoms with Crippen LogP contribution in [0.2, 0.25) is 0 Å². The summed E-state index contributed by atoms with van der Waals surface area (Å²) in [6.07, 6.45) is 9.75. The third-order valence-corrected chi connectivity index (χ3v) is 7.09. The minimum Gasteiger partial charge on any atom is -0.356 e. The van der Waals surface area contributed by atoms with Crippen molar-refractivity contribution < 1.29 is 9.59 Å². The van der Waals surface area contributed by atoms with Crippen molar-refractivity contribution >= 4 is 11.8 Å². The summed E-state index contributed by atoms with van der Waals surface area (Å²) in [7, 11) is 0. The maximum absolute atomic E-state index is 12.7. The van der Waals surface area contributed by atoms with Crippen molar-refractivity contribution in [2.75, 3.05) is 19.6 Å². The van der Waals surface area contributed by atoms with Crippen molar-refractivity contribution in [3.05, 3.63) is 35.9 Å². The molecule has 0 radical (unpaired) electrons. The number of hydrogen-bond acceptors (Lipinski definition) is 2. The first-order chi connectivity index (χ1) is 13.2. The molecule has 1 N–H and O–H groups in total. The number of amides is 2. The van der Waals surface area contributed by atoms with Gasteiger partial charge in [-0.25, -0.2) is 0 Å². The molecule has 4 rings (SSSR count). The highest BCUT2D eigenvalue weighted by molar-refractivity contribution is 5.83. The van der Waals surface area contributed by atoms with Crippen LogP contribution in [0, 0.1) is 17.3 Å². The van der Waals surface area contributed by atoms with Crippen LogP contribution in [0.3, 0.4) is 0 Å². The van der Waals surface area contributed by atoms with Crippen LogP contribution in [0.15, 0.2) is 30.3 Å². The van der Waals surface area contributed by atoms with Gasteiger partial charge in [-0.05, 0) is 49.5 Å². The average Bonchev–Trinajstić information content (AvgIpc) is 3.43. The van der Waals surface area contributed by atoms with E-state index >= 15 is 0 Å². The molecule has 1 saturated heterocycles. The van der Waals surface area contributed by atoms with Crippen molar-refractivity contribution in [3.8, 4) is 0 Å². The lowest BCUT2D eigenvalue weighted by molar-refractivity contribution is -0.138. The Morgan fingerprint density at radius 1 is 1.04 bits per heavy atom. The molecule has 1 heterocycles. The van der Waals surface area contributed by atoms with Crippen LogP contribution in [0.4, 0.5) is 0 Å². The Hall–Kier alpha value is -1.84. The zero-order valence-electron chi connectivity index (χ0n) is 16.3. The second-order valence-corrected chi connectivity index (χ2v) is 8.81. The number of nitrogens with zero attached hydrogens (tertiary/aromatic N) is 1. The fraction of sp³-hybridized carbons (Fsp3) is 0.652. The minimum absolute atomic E-state index is 0.167. The standard InChI is InChI=1S/C23H32N2O2/c26-21(24-14-11-18-7-3-1-4-8-18)20-17-23(20)12-15-25(16-13-23)22(27)19-9-5-2-6-10-19/h1,3-4,7-8,19-20H,2,5-6,9-17H2,(H,24,26). The summed E-state index contributed by atoms with van der Waals surface area (Å²) in [4.78, 5) is 27.3. The fourth-order valence-electron chi connectivity index (χ4n) is 5.15. The van der Waals surface area contributed by atoms with Gasteiger partial charge in [-0.3, -0.25) is 9.59 Å². The molecule has 1 spiro atoms. The number of rotatable bonds is 5. The summed E-state index contributed by atoms with van der Waals surface area (Å²) in [6, 6.07) is 10.3. The molecule has 0 bridgehead atoms. The lowest BCUT2D eigenvalue weighted by Gasteiger charge is -2.36. The van der Waals surface area contributed by atoms with Crippen LogP contribution in [0.1, 0.15) is 56.9 Å². The quantitative estimate of drug-likeness (QED) is 0.864. The smallest absolute Gasteiger partial charge is 0.225 e. The Labute approximate surface area is 162 Å². The molecule has 0 aromatic heterocycles. The molecule has 2 aliphatic carbocycles. The van der Waals surface area contributed by atoms with Crippen LogP contribution < -0.4 is 5.32 Å². The van der Waals surface area contributed by atoms with Gasteiger partial charge in [0.2, 0.25) is 11.8 Å². The Balaban J connectivity index is 1.20. The normalized spacial score (nSPS) is 24.6. The third kappa shape index (κ3) is 4.20. The van der Waals surface area contributed by atoms with E-state index in [1.807, 2.05) is 18.2 Å². The van der Waals surface area contributed by atoms with E-state index in [4.69, 9.17) is 0 Å². The van der Waals surface area contributed by atoms with Gasteiger partial charge in [0.05, 0.1) is 0 Å². The molecular formula is C23H32N2O2. The lowest BCUT2D eigenvalue weighted by Crippen LogP contribution is -2.43. The highest BCUT2D eigenvalue weighted by Gasteiger charge is 2.58. The van der Waals surface area contributed by atoms with Crippen LogP contribution in [-0.4, -0.2) is 36.3 Å². The molecule has 1 atom stereocenters. The molecule has 4 nitrogen and oxygen atoms in total. The monoisotopic (exact) mass is 368 g/mol. The van der Waals surface area contributed by atoms with Gasteiger partial charge in [-0.2, -0.15) is 0 Å². The van der Waals surface area contributed by atoms with Gasteiger partial charge in [-0.1, -0.05) is 49.6 Å². The summed E-state index contributed by atoms with van der Waals surface area (Å²) in [5.41, 5.74) is 1.44. The molecule has 3 aliphatic rings. The summed E-state index contributed by atoms with van der Waals surface area (Å²) in [5, 5.41) is 3.13. The molecule has 4 heteroatoms. The first kappa shape index (κ1) is 18.5. The average molecular weight is 369 g/mol. The lowest BCUT2D eigenvalue weighted by atomic mass is 9.86. The molecule has 1 aliphatic heterocycles. The van der Waals surface area contributed by atoms with Crippen molar-refractivity contribution in [2.24, 2.45) is 17.3 Å². The molecular weight excluding hydrogens is 336 g/mol. The maximum atomic E-state index is 12.7. The van der Waals surface area contributed by atoms with E-state index in [1.54, 1.807) is 0 Å². The summed E-state index contributed by atoms with van der Waals surface area (Å²) < 4.78 is 0. The van der Waals surface area contributed by atoms with E-state index in [2.05, 4.69) is 22.3 Å². The van der Waals surface area contributed by atoms with E-state index in [0.717, 1.165) is 51.6 Å². The number of likely N-dealkylation sites (tertiary alicyclic amines) is 1. The van der Waals surface area contributed by atoms with E-state index in [9.17, 15) is 9.59 Å². The van der Waals surface area contributed by atoms with Crippen LogP contribution in [0.5, 0.6) is 0 Å². The molecule has 2 amide bonds. The van der Waals surface area contributed by atoms with Crippen LogP contribution in [0.25, 0.3) is 0 Å². The zero-order valence-corrected chi connectivity index (χ0v) is 16.3. The zero-order chi connectivity index (χ0) is 18.7. The predicted octanol–water partition coefficient (Wildman–Crippen LogP) is 3.55. The Kier molecular flexibility index (Phi) is 5.51. The van der Waals surface area contributed by atoms with Crippen molar-refractivity contribution in [1.82, 2.24) is 10.2 Å². The summed E-state index contributed by atoms with van der Waals surface area (Å²) in [5.74, 6) is 1.04. The van der Waals surface area contributed by atoms with E-state index in [0.29, 0.717) is 12.5 Å². The number of piperidine rings is 1. The van der Waals surface area contributed by atoms with Crippen LogP contribution >= 0.6 is 0 Å². The molecule has 3 fully saturated rings. The molecule has 1 aromatic rings. The van der Waals surface area contributed by atoms with Gasteiger partial charge < -0.3 is 10.2 Å². The predicted molar refractivity (Wildman–Crippen MR) is 106 cm³/mol. The second-order valence-electron chi connectivity index (χ2n) is 8.81. The maximum Gasteiger partial charge on any atom is 0.225 e. The van der Waals surface area contributed by atoms with Gasteiger partial charge in [0, 0.05) is 31.5 Å². The number of benzene rings is 1. The van der Waals surface area contributed by atoms with Gasteiger partial charge in [0.15, 0.2) is 0 Å². The number of hydrogen-bond donors (Lipinski definition) is 1. The van der Waals surface area contributed by atoms with E-state index in [-0.39, 0.29) is 23.2 Å². The second kappa shape index (κ2) is 8.04. The number of nitrogens with one attached hydrogen (secondary N) is 1. The summed E-state index contributed by atoms with van der Waals surface area (Å²) >= 11 is 0. The number of carbonyl (C=O) groups excluding carboxylic acids is 2.